The van der Waals surface area contributed by atoms with Gasteiger partial charge in [-0.2, -0.15) is 9.61 Å². The molecule has 2 aromatic heterocycles. The zero-order chi connectivity index (χ0) is 22.9. The predicted octanol–water partition coefficient (Wildman–Crippen LogP) is 6.83. The monoisotopic (exact) mass is 453 g/mol. The summed E-state index contributed by atoms with van der Waals surface area (Å²) in [6.07, 6.45) is 0. The van der Waals surface area contributed by atoms with E-state index in [0.29, 0.717) is 5.02 Å². The van der Waals surface area contributed by atoms with Gasteiger partial charge in [-0.05, 0) is 48.9 Å². The van der Waals surface area contributed by atoms with Crippen molar-refractivity contribution in [2.45, 2.75) is 6.92 Å². The highest BCUT2D eigenvalue weighted by Crippen LogP contribution is 2.33. The van der Waals surface area contributed by atoms with E-state index >= 15 is 0 Å². The van der Waals surface area contributed by atoms with Gasteiger partial charge in [-0.15, -0.1) is 0 Å². The summed E-state index contributed by atoms with van der Waals surface area (Å²) in [5, 5.41) is 9.09. The Morgan fingerprint density at radius 1 is 0.848 bits per heavy atom. The molecule has 0 aliphatic rings. The van der Waals surface area contributed by atoms with Crippen molar-refractivity contribution in [3.05, 3.63) is 95.6 Å². The number of rotatable bonds is 5. The van der Waals surface area contributed by atoms with Crippen molar-refractivity contribution in [1.29, 1.82) is 0 Å². The molecule has 0 saturated heterocycles. The van der Waals surface area contributed by atoms with Gasteiger partial charge in [-0.25, -0.2) is 4.98 Å². The number of anilines is 3. The van der Waals surface area contributed by atoms with E-state index in [9.17, 15) is 0 Å². The number of hydrogen-bond acceptors (Lipinski definition) is 4. The Labute approximate surface area is 198 Å². The normalized spacial score (nSPS) is 11.0. The molecule has 0 fully saturated rings. The van der Waals surface area contributed by atoms with Crippen LogP contribution >= 0.6 is 11.6 Å². The summed E-state index contributed by atoms with van der Waals surface area (Å²) in [5.74, 6) is 0.847. The Morgan fingerprint density at radius 2 is 1.55 bits per heavy atom. The first-order valence-corrected chi connectivity index (χ1v) is 11.1. The molecule has 3 aromatic carbocycles. The van der Waals surface area contributed by atoms with Gasteiger partial charge in [-0.3, -0.25) is 0 Å². The summed E-state index contributed by atoms with van der Waals surface area (Å²) in [7, 11) is 4.07. The first-order chi connectivity index (χ1) is 16.0. The van der Waals surface area contributed by atoms with Crippen molar-refractivity contribution >= 4 is 34.4 Å². The number of benzene rings is 3. The molecule has 0 aliphatic heterocycles. The lowest BCUT2D eigenvalue weighted by molar-refractivity contribution is 0.926. The molecule has 0 atom stereocenters. The molecule has 0 bridgehead atoms. The average molecular weight is 454 g/mol. The maximum absolute atomic E-state index is 6.13. The molecule has 0 amide bonds. The smallest absolute Gasteiger partial charge is 0.166 e. The fraction of sp³-hybridized carbons (Fsp3) is 0.111. The summed E-state index contributed by atoms with van der Waals surface area (Å²) < 4.78 is 1.88. The van der Waals surface area contributed by atoms with Crippen LogP contribution in [-0.2, 0) is 0 Å². The summed E-state index contributed by atoms with van der Waals surface area (Å²) in [4.78, 5) is 7.11. The van der Waals surface area contributed by atoms with E-state index in [1.165, 1.54) is 0 Å². The molecule has 33 heavy (non-hydrogen) atoms. The van der Waals surface area contributed by atoms with Crippen LogP contribution in [0.2, 0.25) is 5.02 Å². The van der Waals surface area contributed by atoms with Crippen molar-refractivity contribution in [3.8, 4) is 22.4 Å². The Kier molecular flexibility index (Phi) is 5.48. The van der Waals surface area contributed by atoms with Crippen LogP contribution in [0.5, 0.6) is 0 Å². The van der Waals surface area contributed by atoms with Gasteiger partial charge < -0.3 is 10.2 Å². The number of hydrogen-bond donors (Lipinski definition) is 1. The number of nitrogens with one attached hydrogen (secondary N) is 1. The van der Waals surface area contributed by atoms with Gasteiger partial charge in [0.25, 0.3) is 0 Å². The van der Waals surface area contributed by atoms with Crippen LogP contribution in [0.4, 0.5) is 17.2 Å². The van der Waals surface area contributed by atoms with Gasteiger partial charge in [0.05, 0.1) is 11.4 Å². The highest BCUT2D eigenvalue weighted by atomic mass is 35.5. The van der Waals surface area contributed by atoms with E-state index in [0.717, 1.165) is 50.9 Å². The van der Waals surface area contributed by atoms with Crippen molar-refractivity contribution in [2.75, 3.05) is 24.3 Å². The lowest BCUT2D eigenvalue weighted by Crippen LogP contribution is -2.08. The van der Waals surface area contributed by atoms with Crippen LogP contribution in [0, 0.1) is 6.92 Å². The Bertz CT molecular complexity index is 1410. The van der Waals surface area contributed by atoms with Gasteiger partial charge in [0, 0.05) is 47.7 Å². The number of aromatic nitrogens is 3. The Hall–Kier alpha value is -3.83. The second-order valence-electron chi connectivity index (χ2n) is 8.16. The molecular formula is C27H24ClN5. The molecule has 5 nitrogen and oxygen atoms in total. The Balaban J connectivity index is 1.68. The van der Waals surface area contributed by atoms with Gasteiger partial charge in [0.2, 0.25) is 0 Å². The zero-order valence-corrected chi connectivity index (χ0v) is 19.5. The van der Waals surface area contributed by atoms with E-state index in [2.05, 4.69) is 46.6 Å². The summed E-state index contributed by atoms with van der Waals surface area (Å²) >= 11 is 6.13. The third-order valence-electron chi connectivity index (χ3n) is 5.62. The minimum absolute atomic E-state index is 0.703. The Morgan fingerprint density at radius 3 is 2.21 bits per heavy atom. The standard InChI is InChI=1S/C27H24ClN5/c1-18-26(20-9-11-21(28)12-10-20)27-30-24(19-7-5-4-6-8-19)17-25(33(27)31-18)29-22-13-15-23(16-14-22)32(2)3/h4-17,29H,1-3H3. The van der Waals surface area contributed by atoms with E-state index in [1.54, 1.807) is 0 Å². The lowest BCUT2D eigenvalue weighted by atomic mass is 10.1. The fourth-order valence-electron chi connectivity index (χ4n) is 3.91. The van der Waals surface area contributed by atoms with Crippen LogP contribution < -0.4 is 10.2 Å². The molecule has 2 heterocycles. The minimum atomic E-state index is 0.703. The SMILES string of the molecule is Cc1nn2c(Nc3ccc(N(C)C)cc3)cc(-c3ccccc3)nc2c1-c1ccc(Cl)cc1. The highest BCUT2D eigenvalue weighted by molar-refractivity contribution is 6.30. The number of halogens is 1. The summed E-state index contributed by atoms with van der Waals surface area (Å²) in [6.45, 7) is 2.01. The fourth-order valence-corrected chi connectivity index (χ4v) is 4.04. The zero-order valence-electron chi connectivity index (χ0n) is 18.7. The lowest BCUT2D eigenvalue weighted by Gasteiger charge is -2.14. The first-order valence-electron chi connectivity index (χ1n) is 10.8. The molecular weight excluding hydrogens is 430 g/mol. The topological polar surface area (TPSA) is 45.5 Å². The molecule has 1 N–H and O–H groups in total. The van der Waals surface area contributed by atoms with E-state index in [4.69, 9.17) is 21.7 Å². The number of fused-ring (bicyclic) bond motifs is 1. The van der Waals surface area contributed by atoms with Crippen LogP contribution in [0.1, 0.15) is 5.69 Å². The number of nitrogens with zero attached hydrogens (tertiary/aromatic N) is 4. The van der Waals surface area contributed by atoms with Crippen LogP contribution in [0.3, 0.4) is 0 Å². The van der Waals surface area contributed by atoms with Crippen LogP contribution in [-0.4, -0.2) is 28.7 Å². The number of aryl methyl sites for hydroxylation is 1. The quantitative estimate of drug-likeness (QED) is 0.316. The van der Waals surface area contributed by atoms with Crippen LogP contribution in [0.25, 0.3) is 28.0 Å². The van der Waals surface area contributed by atoms with E-state index in [-0.39, 0.29) is 0 Å². The van der Waals surface area contributed by atoms with E-state index < -0.39 is 0 Å². The molecule has 0 saturated carbocycles. The van der Waals surface area contributed by atoms with Gasteiger partial charge in [0.15, 0.2) is 5.65 Å². The van der Waals surface area contributed by atoms with E-state index in [1.807, 2.05) is 74.1 Å². The minimum Gasteiger partial charge on any atom is -0.378 e. The second-order valence-corrected chi connectivity index (χ2v) is 8.60. The molecule has 0 spiro atoms. The van der Waals surface area contributed by atoms with Crippen molar-refractivity contribution < 1.29 is 0 Å². The third kappa shape index (κ3) is 4.15. The van der Waals surface area contributed by atoms with Gasteiger partial charge in [-0.1, -0.05) is 54.1 Å². The van der Waals surface area contributed by atoms with Crippen molar-refractivity contribution in [2.24, 2.45) is 0 Å². The maximum Gasteiger partial charge on any atom is 0.166 e. The van der Waals surface area contributed by atoms with Crippen molar-refractivity contribution in [1.82, 2.24) is 14.6 Å². The maximum atomic E-state index is 6.13. The second kappa shape index (κ2) is 8.60. The average Bonchev–Trinajstić information content (AvgIpc) is 3.16. The van der Waals surface area contributed by atoms with Gasteiger partial charge in [0.1, 0.15) is 5.82 Å². The summed E-state index contributed by atoms with van der Waals surface area (Å²) in [6, 6.07) is 28.4. The first kappa shape index (κ1) is 21.0. The van der Waals surface area contributed by atoms with Crippen LogP contribution in [0.15, 0.2) is 84.9 Å². The third-order valence-corrected chi connectivity index (χ3v) is 5.87. The summed E-state index contributed by atoms with van der Waals surface area (Å²) in [5.41, 5.74) is 7.78. The molecule has 5 aromatic rings. The molecule has 6 heteroatoms. The van der Waals surface area contributed by atoms with Crippen molar-refractivity contribution in [3.63, 3.8) is 0 Å². The molecule has 0 aliphatic carbocycles. The molecule has 5 rings (SSSR count). The molecule has 0 unspecified atom stereocenters. The molecule has 164 valence electrons. The highest BCUT2D eigenvalue weighted by Gasteiger charge is 2.17. The van der Waals surface area contributed by atoms with Gasteiger partial charge >= 0.3 is 0 Å². The molecule has 0 radical (unpaired) electrons. The largest absolute Gasteiger partial charge is 0.378 e. The predicted molar refractivity (Wildman–Crippen MR) is 138 cm³/mol.